The summed E-state index contributed by atoms with van der Waals surface area (Å²) in [5.41, 5.74) is 3.92. The van der Waals surface area contributed by atoms with Crippen LogP contribution in [0.3, 0.4) is 0 Å². The molecule has 0 aliphatic heterocycles. The molecule has 0 saturated heterocycles. The first-order valence-corrected chi connectivity index (χ1v) is 10.1. The number of hydrogen-bond acceptors (Lipinski definition) is 1. The summed E-state index contributed by atoms with van der Waals surface area (Å²) in [6, 6.07) is 2.29. The van der Waals surface area contributed by atoms with Gasteiger partial charge in [-0.05, 0) is 42.2 Å². The maximum atomic E-state index is 4.64. The van der Waals surface area contributed by atoms with E-state index >= 15 is 0 Å². The molecule has 1 aromatic rings. The third-order valence-corrected chi connectivity index (χ3v) is 5.16. The molecule has 1 nitrogen and oxygen atoms in total. The van der Waals surface area contributed by atoms with Gasteiger partial charge in [-0.25, -0.2) is 0 Å². The molecule has 0 unspecified atom stereocenters. The van der Waals surface area contributed by atoms with Crippen molar-refractivity contribution in [2.45, 2.75) is 53.3 Å². The van der Waals surface area contributed by atoms with Crippen LogP contribution in [0.15, 0.2) is 18.3 Å². The van der Waals surface area contributed by atoms with E-state index in [9.17, 15) is 0 Å². The highest BCUT2D eigenvalue weighted by molar-refractivity contribution is 6.89. The summed E-state index contributed by atoms with van der Waals surface area (Å²) in [7, 11) is -1.26. The second-order valence-corrected chi connectivity index (χ2v) is 10.7. The highest BCUT2D eigenvalue weighted by Crippen LogP contribution is 2.15. The van der Waals surface area contributed by atoms with Crippen LogP contribution in [-0.2, 0) is 6.42 Å². The van der Waals surface area contributed by atoms with Crippen LogP contribution in [0.5, 0.6) is 0 Å². The molecule has 0 atom stereocenters. The van der Waals surface area contributed by atoms with Gasteiger partial charge in [-0.2, -0.15) is 0 Å². The van der Waals surface area contributed by atoms with Gasteiger partial charge in [-0.15, -0.1) is 0 Å². The molecule has 1 rings (SSSR count). The Hall–Kier alpha value is -0.893. The lowest BCUT2D eigenvalue weighted by atomic mass is 10.1. The summed E-state index contributed by atoms with van der Waals surface area (Å²) in [6.07, 6.45) is 6.54. The van der Waals surface area contributed by atoms with E-state index in [-0.39, 0.29) is 0 Å². The minimum atomic E-state index is -1.26. The largest absolute Gasteiger partial charge is 0.257 e. The van der Waals surface area contributed by atoms with Crippen LogP contribution < -0.4 is 5.19 Å². The van der Waals surface area contributed by atoms with Gasteiger partial charge < -0.3 is 0 Å². The molecule has 0 amide bonds. The van der Waals surface area contributed by atoms with Crippen molar-refractivity contribution in [3.63, 3.8) is 0 Å². The predicted molar refractivity (Wildman–Crippen MR) is 80.5 cm³/mol. The molecule has 0 fully saturated rings. The van der Waals surface area contributed by atoms with Crippen molar-refractivity contribution in [2.75, 3.05) is 0 Å². The standard InChI is InChI=1S/C15H25NSi/c1-7-9-12(3)14-10-13(8-2)15(11-16-14)17(4,5)6/h9-11H,7-8H2,1-6H3/b12-9+. The Morgan fingerprint density at radius 3 is 2.41 bits per heavy atom. The third-order valence-electron chi connectivity index (χ3n) is 3.09. The summed E-state index contributed by atoms with van der Waals surface area (Å²) in [4.78, 5) is 4.64. The highest BCUT2D eigenvalue weighted by atomic mass is 28.3. The first-order valence-electron chi connectivity index (χ1n) is 6.56. The molecule has 0 radical (unpaired) electrons. The van der Waals surface area contributed by atoms with E-state index in [0.717, 1.165) is 18.5 Å². The first kappa shape index (κ1) is 14.2. The lowest BCUT2D eigenvalue weighted by Crippen LogP contribution is -2.40. The molecule has 1 heterocycles. The molecule has 2 heteroatoms. The van der Waals surface area contributed by atoms with Crippen molar-refractivity contribution < 1.29 is 0 Å². The summed E-state index contributed by atoms with van der Waals surface area (Å²) in [5.74, 6) is 0. The number of allylic oxidation sites excluding steroid dienone is 2. The van der Waals surface area contributed by atoms with Gasteiger partial charge in [0.15, 0.2) is 0 Å². The topological polar surface area (TPSA) is 12.9 Å². The van der Waals surface area contributed by atoms with Gasteiger partial charge in [0, 0.05) is 6.20 Å². The van der Waals surface area contributed by atoms with Crippen LogP contribution in [0, 0.1) is 0 Å². The fraction of sp³-hybridized carbons (Fsp3) is 0.533. The van der Waals surface area contributed by atoms with E-state index < -0.39 is 8.07 Å². The maximum Gasteiger partial charge on any atom is 0.0799 e. The summed E-state index contributed by atoms with van der Waals surface area (Å²) in [6.45, 7) is 13.7. The van der Waals surface area contributed by atoms with E-state index in [4.69, 9.17) is 0 Å². The molecule has 1 aromatic heterocycles. The summed E-state index contributed by atoms with van der Waals surface area (Å²) < 4.78 is 0. The van der Waals surface area contributed by atoms with Gasteiger partial charge in [-0.3, -0.25) is 4.98 Å². The molecule has 94 valence electrons. The molecule has 0 saturated carbocycles. The van der Waals surface area contributed by atoms with Crippen molar-refractivity contribution in [1.82, 2.24) is 4.98 Å². The predicted octanol–water partition coefficient (Wildman–Crippen LogP) is 4.00. The van der Waals surface area contributed by atoms with Crippen molar-refractivity contribution >= 4 is 18.8 Å². The van der Waals surface area contributed by atoms with Gasteiger partial charge in [-0.1, -0.05) is 39.6 Å². The Labute approximate surface area is 107 Å². The fourth-order valence-corrected chi connectivity index (χ4v) is 3.76. The maximum absolute atomic E-state index is 4.64. The van der Waals surface area contributed by atoms with Crippen LogP contribution in [-0.4, -0.2) is 13.1 Å². The second-order valence-electron chi connectivity index (χ2n) is 5.63. The van der Waals surface area contributed by atoms with E-state index in [1.54, 1.807) is 0 Å². The van der Waals surface area contributed by atoms with Crippen LogP contribution >= 0.6 is 0 Å². The molecular formula is C15H25NSi. The van der Waals surface area contributed by atoms with Crippen molar-refractivity contribution in [3.05, 3.63) is 29.6 Å². The van der Waals surface area contributed by atoms with Crippen LogP contribution in [0.25, 0.3) is 5.57 Å². The van der Waals surface area contributed by atoms with Gasteiger partial charge in [0.25, 0.3) is 0 Å². The van der Waals surface area contributed by atoms with Crippen molar-refractivity contribution in [2.24, 2.45) is 0 Å². The normalized spacial score (nSPS) is 12.9. The number of rotatable bonds is 4. The highest BCUT2D eigenvalue weighted by Gasteiger charge is 2.20. The Kier molecular flexibility index (Phi) is 4.69. The fourth-order valence-electron chi connectivity index (χ4n) is 2.09. The number of aromatic nitrogens is 1. The average Bonchev–Trinajstić information content (AvgIpc) is 2.27. The minimum absolute atomic E-state index is 1.07. The number of hydrogen-bond donors (Lipinski definition) is 0. The van der Waals surface area contributed by atoms with Crippen molar-refractivity contribution in [3.8, 4) is 0 Å². The third kappa shape index (κ3) is 3.53. The van der Waals surface area contributed by atoms with E-state index in [0.29, 0.717) is 0 Å². The number of aryl methyl sites for hydroxylation is 1. The summed E-state index contributed by atoms with van der Waals surface area (Å²) in [5, 5.41) is 1.51. The van der Waals surface area contributed by atoms with Gasteiger partial charge in [0.1, 0.15) is 0 Å². The minimum Gasteiger partial charge on any atom is -0.257 e. The SMILES string of the molecule is CC/C=C(\C)c1cc(CC)c([Si](C)(C)C)cn1. The van der Waals surface area contributed by atoms with Gasteiger partial charge in [0.05, 0.1) is 13.8 Å². The zero-order valence-electron chi connectivity index (χ0n) is 12.1. The second kappa shape index (κ2) is 5.63. The molecule has 17 heavy (non-hydrogen) atoms. The molecule has 0 N–H and O–H groups in total. The molecule has 0 bridgehead atoms. The summed E-state index contributed by atoms with van der Waals surface area (Å²) >= 11 is 0. The van der Waals surface area contributed by atoms with Gasteiger partial charge >= 0.3 is 0 Å². The zero-order chi connectivity index (χ0) is 13.1. The molecule has 0 spiro atoms. The monoisotopic (exact) mass is 247 g/mol. The Bertz CT molecular complexity index is 413. The zero-order valence-corrected chi connectivity index (χ0v) is 13.1. The molecule has 0 aliphatic carbocycles. The van der Waals surface area contributed by atoms with E-state index in [1.807, 2.05) is 0 Å². The van der Waals surface area contributed by atoms with Gasteiger partial charge in [0.2, 0.25) is 0 Å². The van der Waals surface area contributed by atoms with Crippen LogP contribution in [0.2, 0.25) is 19.6 Å². The van der Waals surface area contributed by atoms with Crippen LogP contribution in [0.4, 0.5) is 0 Å². The average molecular weight is 247 g/mol. The quantitative estimate of drug-likeness (QED) is 0.733. The Balaban J connectivity index is 3.22. The number of nitrogens with zero attached hydrogens (tertiary/aromatic N) is 1. The first-order chi connectivity index (χ1) is 7.90. The smallest absolute Gasteiger partial charge is 0.0799 e. The lowest BCUT2D eigenvalue weighted by Gasteiger charge is -2.20. The van der Waals surface area contributed by atoms with Crippen LogP contribution in [0.1, 0.15) is 38.4 Å². The van der Waals surface area contributed by atoms with E-state index in [2.05, 4.69) is 63.7 Å². The number of pyridine rings is 1. The lowest BCUT2D eigenvalue weighted by molar-refractivity contribution is 1.12. The van der Waals surface area contributed by atoms with E-state index in [1.165, 1.54) is 16.3 Å². The van der Waals surface area contributed by atoms with Crippen molar-refractivity contribution in [1.29, 1.82) is 0 Å². The molecule has 0 aromatic carbocycles. The Morgan fingerprint density at radius 2 is 1.94 bits per heavy atom. The Morgan fingerprint density at radius 1 is 1.29 bits per heavy atom. The molecular weight excluding hydrogens is 222 g/mol. The molecule has 0 aliphatic rings.